The van der Waals surface area contributed by atoms with Crippen molar-refractivity contribution in [2.45, 2.75) is 23.7 Å². The van der Waals surface area contributed by atoms with Gasteiger partial charge in [0.05, 0.1) is 0 Å². The molecule has 0 radical (unpaired) electrons. The van der Waals surface area contributed by atoms with Gasteiger partial charge in [0.1, 0.15) is 5.37 Å². The number of rotatable bonds is 2. The average molecular weight is 402 g/mol. The lowest BCUT2D eigenvalue weighted by molar-refractivity contribution is 0.758. The summed E-state index contributed by atoms with van der Waals surface area (Å²) in [4.78, 5) is 3.87. The molecule has 4 aromatic carbocycles. The molecule has 1 aliphatic heterocycles. The second-order valence-electron chi connectivity index (χ2n) is 7.26. The first-order valence-electron chi connectivity index (χ1n) is 9.45. The maximum Gasteiger partial charge on any atom is 0.105 e. The van der Waals surface area contributed by atoms with Gasteiger partial charge in [-0.15, -0.1) is 0 Å². The third-order valence-electron chi connectivity index (χ3n) is 5.34. The molecule has 0 spiro atoms. The number of aryl methyl sites for hydroxylation is 1. The van der Waals surface area contributed by atoms with Crippen LogP contribution in [0.5, 0.6) is 0 Å². The maximum atomic E-state index is 6.14. The number of thioether (sulfide) groups is 1. The van der Waals surface area contributed by atoms with Crippen LogP contribution in [0, 0.1) is 6.92 Å². The lowest BCUT2D eigenvalue weighted by Crippen LogP contribution is -2.29. The molecule has 0 saturated carbocycles. The minimum atomic E-state index is 0.222. The van der Waals surface area contributed by atoms with Crippen LogP contribution in [0.15, 0.2) is 89.8 Å². The van der Waals surface area contributed by atoms with Gasteiger partial charge in [-0.2, -0.15) is 0 Å². The first kappa shape index (κ1) is 17.7. The number of fused-ring (bicyclic) bond motifs is 3. The van der Waals surface area contributed by atoms with Gasteiger partial charge in [0.25, 0.3) is 0 Å². The minimum Gasteiger partial charge on any atom is -0.351 e. The Morgan fingerprint density at radius 2 is 1.61 bits per heavy atom. The van der Waals surface area contributed by atoms with E-state index in [2.05, 4.69) is 84.6 Å². The SMILES string of the molecule is Cc1ccc(C2Sc3c(ccc4ccccc34)CN2c2ccc(Cl)cc2)cc1. The summed E-state index contributed by atoms with van der Waals surface area (Å²) in [5.74, 6) is 0. The predicted molar refractivity (Wildman–Crippen MR) is 121 cm³/mol. The standard InChI is InChI=1S/C25H20ClNS/c1-17-6-8-19(9-7-17)25-27(22-14-12-21(26)13-15-22)16-20-11-10-18-4-2-3-5-23(18)24(20)28-25/h2-15,25H,16H2,1H3. The Morgan fingerprint density at radius 1 is 0.857 bits per heavy atom. The number of anilines is 1. The van der Waals surface area contributed by atoms with Crippen molar-refractivity contribution in [3.8, 4) is 0 Å². The minimum absolute atomic E-state index is 0.222. The lowest BCUT2D eigenvalue weighted by Gasteiger charge is -2.39. The molecule has 138 valence electrons. The highest BCUT2D eigenvalue weighted by Gasteiger charge is 2.29. The van der Waals surface area contributed by atoms with Crippen LogP contribution in [0.1, 0.15) is 22.1 Å². The lowest BCUT2D eigenvalue weighted by atomic mass is 10.0. The molecule has 0 amide bonds. The van der Waals surface area contributed by atoms with Crippen LogP contribution in [-0.2, 0) is 6.54 Å². The number of halogens is 1. The zero-order valence-electron chi connectivity index (χ0n) is 15.6. The van der Waals surface area contributed by atoms with E-state index in [0.717, 1.165) is 11.6 Å². The van der Waals surface area contributed by atoms with Gasteiger partial charge in [-0.1, -0.05) is 89.6 Å². The molecule has 0 aliphatic carbocycles. The van der Waals surface area contributed by atoms with Crippen LogP contribution in [0.3, 0.4) is 0 Å². The summed E-state index contributed by atoms with van der Waals surface area (Å²) < 4.78 is 0. The average Bonchev–Trinajstić information content (AvgIpc) is 2.74. The summed E-state index contributed by atoms with van der Waals surface area (Å²) in [6.45, 7) is 3.02. The number of nitrogens with zero attached hydrogens (tertiary/aromatic N) is 1. The van der Waals surface area contributed by atoms with Crippen LogP contribution in [0.4, 0.5) is 5.69 Å². The van der Waals surface area contributed by atoms with E-state index in [0.29, 0.717) is 0 Å². The highest BCUT2D eigenvalue weighted by atomic mass is 35.5. The molecule has 1 atom stereocenters. The fourth-order valence-electron chi connectivity index (χ4n) is 3.83. The summed E-state index contributed by atoms with van der Waals surface area (Å²) in [6.07, 6.45) is 0. The smallest absolute Gasteiger partial charge is 0.105 e. The topological polar surface area (TPSA) is 3.24 Å². The molecule has 0 saturated heterocycles. The molecule has 4 aromatic rings. The number of hydrogen-bond acceptors (Lipinski definition) is 2. The van der Waals surface area contributed by atoms with Crippen molar-refractivity contribution in [1.29, 1.82) is 0 Å². The van der Waals surface area contributed by atoms with Crippen LogP contribution < -0.4 is 4.90 Å². The van der Waals surface area contributed by atoms with Gasteiger partial charge in [0.2, 0.25) is 0 Å². The molecule has 1 unspecified atom stereocenters. The van der Waals surface area contributed by atoms with Gasteiger partial charge < -0.3 is 4.90 Å². The number of hydrogen-bond donors (Lipinski definition) is 0. The molecule has 0 aromatic heterocycles. The fourth-order valence-corrected chi connectivity index (χ4v) is 5.39. The molecule has 3 heteroatoms. The Balaban J connectivity index is 1.65. The third-order valence-corrected chi connectivity index (χ3v) is 7.05. The van der Waals surface area contributed by atoms with E-state index in [9.17, 15) is 0 Å². The first-order chi connectivity index (χ1) is 13.7. The third kappa shape index (κ3) is 3.17. The second-order valence-corrected chi connectivity index (χ2v) is 8.79. The molecule has 1 heterocycles. The Bertz CT molecular complexity index is 1140. The van der Waals surface area contributed by atoms with Gasteiger partial charge in [-0.3, -0.25) is 0 Å². The largest absolute Gasteiger partial charge is 0.351 e. The molecular weight excluding hydrogens is 382 g/mol. The van der Waals surface area contributed by atoms with E-state index in [1.54, 1.807) is 0 Å². The van der Waals surface area contributed by atoms with E-state index in [4.69, 9.17) is 11.6 Å². The van der Waals surface area contributed by atoms with Crippen LogP contribution in [-0.4, -0.2) is 0 Å². The molecular formula is C25H20ClNS. The summed E-state index contributed by atoms with van der Waals surface area (Å²) in [6, 6.07) is 30.3. The molecule has 0 fully saturated rings. The van der Waals surface area contributed by atoms with Crippen molar-refractivity contribution in [2.24, 2.45) is 0 Å². The number of benzene rings is 4. The quantitative estimate of drug-likeness (QED) is 0.340. The van der Waals surface area contributed by atoms with Crippen molar-refractivity contribution in [3.05, 3.63) is 107 Å². The zero-order chi connectivity index (χ0) is 19.1. The van der Waals surface area contributed by atoms with Crippen molar-refractivity contribution in [2.75, 3.05) is 4.90 Å². The monoisotopic (exact) mass is 401 g/mol. The molecule has 1 nitrogen and oxygen atoms in total. The summed E-state index contributed by atoms with van der Waals surface area (Å²) >= 11 is 8.09. The predicted octanol–water partition coefficient (Wildman–Crippen LogP) is 7.61. The molecule has 5 rings (SSSR count). The fraction of sp³-hybridized carbons (Fsp3) is 0.120. The molecule has 28 heavy (non-hydrogen) atoms. The van der Waals surface area contributed by atoms with Crippen LogP contribution >= 0.6 is 23.4 Å². The zero-order valence-corrected chi connectivity index (χ0v) is 17.2. The Morgan fingerprint density at radius 3 is 2.39 bits per heavy atom. The van der Waals surface area contributed by atoms with E-state index in [1.807, 2.05) is 23.9 Å². The highest BCUT2D eigenvalue weighted by Crippen LogP contribution is 2.49. The maximum absolute atomic E-state index is 6.14. The van der Waals surface area contributed by atoms with Crippen molar-refractivity contribution in [3.63, 3.8) is 0 Å². The van der Waals surface area contributed by atoms with Crippen LogP contribution in [0.25, 0.3) is 10.8 Å². The van der Waals surface area contributed by atoms with E-state index in [-0.39, 0.29) is 5.37 Å². The normalized spacial score (nSPS) is 16.2. The summed E-state index contributed by atoms with van der Waals surface area (Å²) in [5, 5.41) is 3.64. The van der Waals surface area contributed by atoms with Crippen LogP contribution in [0.2, 0.25) is 5.02 Å². The van der Waals surface area contributed by atoms with Crippen molar-refractivity contribution < 1.29 is 0 Å². The molecule has 1 aliphatic rings. The van der Waals surface area contributed by atoms with E-state index < -0.39 is 0 Å². The first-order valence-corrected chi connectivity index (χ1v) is 10.7. The summed E-state index contributed by atoms with van der Waals surface area (Å²) in [5.41, 5.74) is 5.18. The van der Waals surface area contributed by atoms with Gasteiger partial charge in [-0.25, -0.2) is 0 Å². The Kier molecular flexibility index (Phi) is 4.54. The second kappa shape index (κ2) is 7.20. The van der Waals surface area contributed by atoms with E-state index in [1.165, 1.54) is 38.0 Å². The Hall–Kier alpha value is -2.42. The van der Waals surface area contributed by atoms with Gasteiger partial charge in [-0.05, 0) is 53.1 Å². The molecule has 0 bridgehead atoms. The Labute approximate surface area is 175 Å². The van der Waals surface area contributed by atoms with Crippen molar-refractivity contribution >= 4 is 39.8 Å². The van der Waals surface area contributed by atoms with Crippen molar-refractivity contribution in [1.82, 2.24) is 0 Å². The van der Waals surface area contributed by atoms with Gasteiger partial charge in [0, 0.05) is 22.2 Å². The summed E-state index contributed by atoms with van der Waals surface area (Å²) in [7, 11) is 0. The highest BCUT2D eigenvalue weighted by molar-refractivity contribution is 8.00. The van der Waals surface area contributed by atoms with Gasteiger partial charge in [0.15, 0.2) is 0 Å². The van der Waals surface area contributed by atoms with Gasteiger partial charge >= 0.3 is 0 Å². The molecule has 0 N–H and O–H groups in total. The van der Waals surface area contributed by atoms with E-state index >= 15 is 0 Å².